The SMILES string of the molecule is CC(C)(C)c1cc(CC(=O)[C@H]2CCCN2c2ccc(C(F)(F)F)cc2)no1. The number of carbonyl (C=O) groups is 1. The van der Waals surface area contributed by atoms with Crippen LogP contribution in [0.2, 0.25) is 0 Å². The fraction of sp³-hybridized carbons (Fsp3) is 0.500. The molecule has 4 nitrogen and oxygen atoms in total. The third-order valence-corrected chi connectivity index (χ3v) is 4.80. The molecule has 0 N–H and O–H groups in total. The van der Waals surface area contributed by atoms with E-state index < -0.39 is 11.7 Å². The number of ketones is 1. The third-order valence-electron chi connectivity index (χ3n) is 4.80. The summed E-state index contributed by atoms with van der Waals surface area (Å²) in [7, 11) is 0. The first-order chi connectivity index (χ1) is 12.6. The molecule has 146 valence electrons. The largest absolute Gasteiger partial charge is 0.416 e. The first kappa shape index (κ1) is 19.5. The van der Waals surface area contributed by atoms with Crippen molar-refractivity contribution in [2.24, 2.45) is 0 Å². The molecule has 0 bridgehead atoms. The van der Waals surface area contributed by atoms with Gasteiger partial charge in [-0.2, -0.15) is 13.2 Å². The summed E-state index contributed by atoms with van der Waals surface area (Å²) in [5.41, 5.74) is 0.345. The van der Waals surface area contributed by atoms with Gasteiger partial charge in [0, 0.05) is 23.7 Å². The number of hydrogen-bond acceptors (Lipinski definition) is 4. The molecular weight excluding hydrogens is 357 g/mol. The summed E-state index contributed by atoms with van der Waals surface area (Å²) in [5.74, 6) is 0.720. The molecule has 0 unspecified atom stereocenters. The monoisotopic (exact) mass is 380 g/mol. The van der Waals surface area contributed by atoms with Gasteiger partial charge in [0.2, 0.25) is 0 Å². The van der Waals surface area contributed by atoms with Gasteiger partial charge in [0.25, 0.3) is 0 Å². The zero-order valence-corrected chi connectivity index (χ0v) is 15.6. The summed E-state index contributed by atoms with van der Waals surface area (Å²) in [6.07, 6.45) is -2.70. The van der Waals surface area contributed by atoms with E-state index in [-0.39, 0.29) is 23.7 Å². The van der Waals surface area contributed by atoms with Crippen molar-refractivity contribution < 1.29 is 22.5 Å². The maximum Gasteiger partial charge on any atom is 0.416 e. The fourth-order valence-corrected chi connectivity index (χ4v) is 3.30. The predicted octanol–water partition coefficient (Wildman–Crippen LogP) is 4.77. The molecule has 0 radical (unpaired) electrons. The van der Waals surface area contributed by atoms with Crippen LogP contribution in [0, 0.1) is 0 Å². The van der Waals surface area contributed by atoms with Crippen molar-refractivity contribution in [3.63, 3.8) is 0 Å². The van der Waals surface area contributed by atoms with Crippen molar-refractivity contribution in [3.8, 4) is 0 Å². The molecule has 1 aromatic heterocycles. The maximum absolute atomic E-state index is 12.8. The zero-order valence-electron chi connectivity index (χ0n) is 15.6. The first-order valence-corrected chi connectivity index (χ1v) is 8.98. The molecule has 0 saturated carbocycles. The van der Waals surface area contributed by atoms with Gasteiger partial charge >= 0.3 is 6.18 Å². The molecule has 1 saturated heterocycles. The van der Waals surface area contributed by atoms with Gasteiger partial charge in [0.15, 0.2) is 5.78 Å². The van der Waals surface area contributed by atoms with E-state index in [2.05, 4.69) is 5.16 Å². The highest BCUT2D eigenvalue weighted by molar-refractivity contribution is 5.89. The Balaban J connectivity index is 1.72. The summed E-state index contributed by atoms with van der Waals surface area (Å²) < 4.78 is 43.6. The Morgan fingerprint density at radius 2 is 1.89 bits per heavy atom. The molecule has 0 amide bonds. The lowest BCUT2D eigenvalue weighted by molar-refractivity contribution is -0.137. The Morgan fingerprint density at radius 1 is 1.22 bits per heavy atom. The van der Waals surface area contributed by atoms with Gasteiger partial charge in [-0.25, -0.2) is 0 Å². The minimum Gasteiger partial charge on any atom is -0.361 e. The Morgan fingerprint density at radius 3 is 2.44 bits per heavy atom. The lowest BCUT2D eigenvalue weighted by Gasteiger charge is -2.26. The summed E-state index contributed by atoms with van der Waals surface area (Å²) >= 11 is 0. The average Bonchev–Trinajstić information content (AvgIpc) is 3.22. The van der Waals surface area contributed by atoms with Gasteiger partial charge in [-0.15, -0.1) is 0 Å². The second kappa shape index (κ2) is 7.02. The molecule has 1 aliphatic rings. The van der Waals surface area contributed by atoms with Gasteiger partial charge in [0.05, 0.1) is 23.7 Å². The number of halogens is 3. The van der Waals surface area contributed by atoms with Gasteiger partial charge in [0.1, 0.15) is 5.76 Å². The third kappa shape index (κ3) is 4.34. The summed E-state index contributed by atoms with van der Waals surface area (Å²) in [4.78, 5) is 14.7. The molecule has 1 fully saturated rings. The zero-order chi connectivity index (χ0) is 19.8. The molecule has 2 heterocycles. The van der Waals surface area contributed by atoms with Gasteiger partial charge in [-0.1, -0.05) is 25.9 Å². The highest BCUT2D eigenvalue weighted by Gasteiger charge is 2.33. The summed E-state index contributed by atoms with van der Waals surface area (Å²) in [5, 5.41) is 3.99. The number of rotatable bonds is 4. The number of Topliss-reactive ketones (excluding diaryl/α,β-unsaturated/α-hetero) is 1. The first-order valence-electron chi connectivity index (χ1n) is 8.98. The number of benzene rings is 1. The molecule has 2 aromatic rings. The van der Waals surface area contributed by atoms with Crippen LogP contribution < -0.4 is 4.90 Å². The minimum absolute atomic E-state index is 0.00107. The van der Waals surface area contributed by atoms with E-state index in [1.165, 1.54) is 12.1 Å². The van der Waals surface area contributed by atoms with Crippen LogP contribution in [-0.4, -0.2) is 23.5 Å². The van der Waals surface area contributed by atoms with Gasteiger partial charge in [-0.3, -0.25) is 4.79 Å². The van der Waals surface area contributed by atoms with E-state index in [1.54, 1.807) is 6.07 Å². The molecule has 1 aromatic carbocycles. The second-order valence-electron chi connectivity index (χ2n) is 7.97. The number of carbonyl (C=O) groups excluding carboxylic acids is 1. The van der Waals surface area contributed by atoms with E-state index in [1.807, 2.05) is 25.7 Å². The number of hydrogen-bond donors (Lipinski definition) is 0. The molecule has 7 heteroatoms. The van der Waals surface area contributed by atoms with Crippen LogP contribution in [-0.2, 0) is 22.8 Å². The second-order valence-corrected chi connectivity index (χ2v) is 7.97. The molecule has 3 rings (SSSR count). The molecule has 0 spiro atoms. The van der Waals surface area contributed by atoms with Crippen LogP contribution >= 0.6 is 0 Å². The van der Waals surface area contributed by atoms with Gasteiger partial charge < -0.3 is 9.42 Å². The Labute approximate surface area is 156 Å². The highest BCUT2D eigenvalue weighted by atomic mass is 19.4. The van der Waals surface area contributed by atoms with Crippen molar-refractivity contribution >= 4 is 11.5 Å². The molecule has 1 atom stereocenters. The summed E-state index contributed by atoms with van der Waals surface area (Å²) in [6, 6.07) is 6.43. The molecular formula is C20H23F3N2O2. The topological polar surface area (TPSA) is 46.3 Å². The van der Waals surface area contributed by atoms with Crippen LogP contribution in [0.1, 0.15) is 50.6 Å². The molecule has 0 aliphatic carbocycles. The lowest BCUT2D eigenvalue weighted by atomic mass is 9.93. The number of aromatic nitrogens is 1. The van der Waals surface area contributed by atoms with Crippen LogP contribution in [0.5, 0.6) is 0 Å². The van der Waals surface area contributed by atoms with Crippen molar-refractivity contribution in [2.75, 3.05) is 11.4 Å². The lowest BCUT2D eigenvalue weighted by Crippen LogP contribution is -2.37. The van der Waals surface area contributed by atoms with Crippen molar-refractivity contribution in [1.82, 2.24) is 5.16 Å². The van der Waals surface area contributed by atoms with Crippen molar-refractivity contribution in [3.05, 3.63) is 47.3 Å². The Hall–Kier alpha value is -2.31. The van der Waals surface area contributed by atoms with Crippen molar-refractivity contribution in [1.29, 1.82) is 0 Å². The number of alkyl halides is 3. The molecule has 1 aliphatic heterocycles. The average molecular weight is 380 g/mol. The van der Waals surface area contributed by atoms with Crippen LogP contribution in [0.3, 0.4) is 0 Å². The smallest absolute Gasteiger partial charge is 0.361 e. The van der Waals surface area contributed by atoms with E-state index in [4.69, 9.17) is 4.52 Å². The Kier molecular flexibility index (Phi) is 5.06. The van der Waals surface area contributed by atoms with E-state index in [0.717, 1.165) is 24.3 Å². The van der Waals surface area contributed by atoms with Crippen LogP contribution in [0.15, 0.2) is 34.9 Å². The molecule has 27 heavy (non-hydrogen) atoms. The number of anilines is 1. The minimum atomic E-state index is -4.36. The standard InChI is InChI=1S/C20H23F3N2O2/c1-19(2,3)18-12-14(24-27-18)11-17(26)16-5-4-10-25(16)15-8-6-13(7-9-15)20(21,22)23/h6-9,12,16H,4-5,10-11H2,1-3H3/t16-/m1/s1. The van der Waals surface area contributed by atoms with Gasteiger partial charge in [-0.05, 0) is 37.1 Å². The normalized spacial score (nSPS) is 18.1. The maximum atomic E-state index is 12.8. The van der Waals surface area contributed by atoms with E-state index >= 15 is 0 Å². The quantitative estimate of drug-likeness (QED) is 0.766. The fourth-order valence-electron chi connectivity index (χ4n) is 3.30. The highest BCUT2D eigenvalue weighted by Crippen LogP contribution is 2.33. The van der Waals surface area contributed by atoms with Crippen LogP contribution in [0.25, 0.3) is 0 Å². The van der Waals surface area contributed by atoms with E-state index in [0.29, 0.717) is 24.3 Å². The Bertz CT molecular complexity index is 804. The van der Waals surface area contributed by atoms with E-state index in [9.17, 15) is 18.0 Å². The predicted molar refractivity (Wildman–Crippen MR) is 95.7 cm³/mol. The number of nitrogens with zero attached hydrogens (tertiary/aromatic N) is 2. The summed E-state index contributed by atoms with van der Waals surface area (Å²) in [6.45, 7) is 6.65. The van der Waals surface area contributed by atoms with Crippen LogP contribution in [0.4, 0.5) is 18.9 Å². The van der Waals surface area contributed by atoms with Crippen molar-refractivity contribution in [2.45, 2.75) is 57.7 Å².